The van der Waals surface area contributed by atoms with E-state index in [9.17, 15) is 9.90 Å². The summed E-state index contributed by atoms with van der Waals surface area (Å²) in [5.41, 5.74) is -0.683. The molecule has 0 spiro atoms. The number of rotatable bonds is 6. The maximum absolute atomic E-state index is 11.5. The molecule has 0 heterocycles. The van der Waals surface area contributed by atoms with Crippen molar-refractivity contribution < 1.29 is 14.6 Å². The second-order valence-electron chi connectivity index (χ2n) is 4.85. The van der Waals surface area contributed by atoms with Crippen LogP contribution in [0.3, 0.4) is 0 Å². The number of benzene rings is 1. The number of urea groups is 1. The molecule has 0 aromatic heterocycles. The van der Waals surface area contributed by atoms with Crippen LogP contribution in [-0.4, -0.2) is 36.4 Å². The third-order valence-electron chi connectivity index (χ3n) is 3.26. The minimum absolute atomic E-state index is 0.267. The summed E-state index contributed by atoms with van der Waals surface area (Å²) in [6, 6.07) is 9.18. The van der Waals surface area contributed by atoms with Gasteiger partial charge in [0, 0.05) is 6.54 Å². The van der Waals surface area contributed by atoms with Crippen molar-refractivity contribution in [3.63, 3.8) is 0 Å². The Morgan fingerprint density at radius 2 is 2.00 bits per heavy atom. The first kappa shape index (κ1) is 13.7. The normalized spacial score (nSPS) is 16.3. The number of carbonyl (C=O) groups is 1. The van der Waals surface area contributed by atoms with E-state index in [1.807, 2.05) is 30.3 Å². The van der Waals surface area contributed by atoms with E-state index >= 15 is 0 Å². The smallest absolute Gasteiger partial charge is 0.315 e. The van der Waals surface area contributed by atoms with Crippen molar-refractivity contribution in [3.05, 3.63) is 30.3 Å². The summed E-state index contributed by atoms with van der Waals surface area (Å²) < 4.78 is 5.44. The van der Waals surface area contributed by atoms with Gasteiger partial charge in [-0.1, -0.05) is 18.2 Å². The summed E-state index contributed by atoms with van der Waals surface area (Å²) >= 11 is 0. The van der Waals surface area contributed by atoms with E-state index in [2.05, 4.69) is 10.6 Å². The Balaban J connectivity index is 1.54. The molecule has 0 radical (unpaired) electrons. The lowest BCUT2D eigenvalue weighted by atomic mass is 9.80. The molecule has 1 saturated carbocycles. The molecule has 3 N–H and O–H groups in total. The minimum atomic E-state index is -0.683. The van der Waals surface area contributed by atoms with Gasteiger partial charge in [0.2, 0.25) is 0 Å². The highest BCUT2D eigenvalue weighted by Gasteiger charge is 2.34. The van der Waals surface area contributed by atoms with Gasteiger partial charge in [-0.25, -0.2) is 4.79 Å². The number of amides is 2. The first-order valence-electron chi connectivity index (χ1n) is 6.60. The van der Waals surface area contributed by atoms with E-state index in [0.29, 0.717) is 19.7 Å². The van der Waals surface area contributed by atoms with Crippen LogP contribution in [0.2, 0.25) is 0 Å². The first-order chi connectivity index (χ1) is 9.18. The molecule has 1 aromatic rings. The summed E-state index contributed by atoms with van der Waals surface area (Å²) in [4.78, 5) is 11.5. The van der Waals surface area contributed by atoms with Gasteiger partial charge in [0.15, 0.2) is 0 Å². The highest BCUT2D eigenvalue weighted by Crippen LogP contribution is 2.30. The molecule has 5 heteroatoms. The SMILES string of the molecule is O=C(NCCOc1ccccc1)NCC1(O)CCC1. The van der Waals surface area contributed by atoms with E-state index in [1.54, 1.807) is 0 Å². The Hall–Kier alpha value is -1.75. The Labute approximate surface area is 113 Å². The van der Waals surface area contributed by atoms with Crippen molar-refractivity contribution >= 4 is 6.03 Å². The Kier molecular flexibility index (Phi) is 4.63. The van der Waals surface area contributed by atoms with E-state index < -0.39 is 5.60 Å². The topological polar surface area (TPSA) is 70.6 Å². The number of carbonyl (C=O) groups excluding carboxylic acids is 1. The van der Waals surface area contributed by atoms with Crippen molar-refractivity contribution in [1.82, 2.24) is 10.6 Å². The number of nitrogens with one attached hydrogen (secondary N) is 2. The number of para-hydroxylation sites is 1. The van der Waals surface area contributed by atoms with E-state index in [-0.39, 0.29) is 6.03 Å². The van der Waals surface area contributed by atoms with Gasteiger partial charge in [-0.3, -0.25) is 0 Å². The standard InChI is InChI=1S/C14H20N2O3/c17-13(16-11-14(18)7-4-8-14)15-9-10-19-12-5-2-1-3-6-12/h1-3,5-6,18H,4,7-11H2,(H2,15,16,17). The molecular weight excluding hydrogens is 244 g/mol. The van der Waals surface area contributed by atoms with E-state index in [1.165, 1.54) is 0 Å². The zero-order valence-corrected chi connectivity index (χ0v) is 10.9. The zero-order chi connectivity index (χ0) is 13.6. The molecule has 0 atom stereocenters. The quantitative estimate of drug-likeness (QED) is 0.678. The van der Waals surface area contributed by atoms with Crippen molar-refractivity contribution in [2.75, 3.05) is 19.7 Å². The number of ether oxygens (including phenoxy) is 1. The van der Waals surface area contributed by atoms with Crippen LogP contribution in [0, 0.1) is 0 Å². The number of hydrogen-bond donors (Lipinski definition) is 3. The van der Waals surface area contributed by atoms with E-state index in [0.717, 1.165) is 25.0 Å². The lowest BCUT2D eigenvalue weighted by molar-refractivity contribution is -0.0290. The van der Waals surface area contributed by atoms with Crippen LogP contribution in [0.25, 0.3) is 0 Å². The highest BCUT2D eigenvalue weighted by atomic mass is 16.5. The molecule has 2 amide bonds. The van der Waals surface area contributed by atoms with Gasteiger partial charge in [-0.05, 0) is 31.4 Å². The summed E-state index contributed by atoms with van der Waals surface area (Å²) in [5.74, 6) is 0.786. The average molecular weight is 264 g/mol. The molecule has 0 bridgehead atoms. The molecule has 1 aliphatic rings. The monoisotopic (exact) mass is 264 g/mol. The van der Waals surface area contributed by atoms with Crippen molar-refractivity contribution in [2.45, 2.75) is 24.9 Å². The second-order valence-corrected chi connectivity index (χ2v) is 4.85. The van der Waals surface area contributed by atoms with Crippen LogP contribution in [0.5, 0.6) is 5.75 Å². The maximum atomic E-state index is 11.5. The molecular formula is C14H20N2O3. The van der Waals surface area contributed by atoms with Crippen LogP contribution < -0.4 is 15.4 Å². The fourth-order valence-corrected chi connectivity index (χ4v) is 1.92. The lowest BCUT2D eigenvalue weighted by Crippen LogP contribution is -2.50. The van der Waals surface area contributed by atoms with Gasteiger partial charge in [-0.2, -0.15) is 0 Å². The lowest BCUT2D eigenvalue weighted by Gasteiger charge is -2.36. The van der Waals surface area contributed by atoms with Gasteiger partial charge in [-0.15, -0.1) is 0 Å². The van der Waals surface area contributed by atoms with Crippen molar-refractivity contribution in [3.8, 4) is 5.75 Å². The van der Waals surface area contributed by atoms with Crippen molar-refractivity contribution in [1.29, 1.82) is 0 Å². The molecule has 19 heavy (non-hydrogen) atoms. The molecule has 0 saturated heterocycles. The van der Waals surface area contributed by atoms with Crippen molar-refractivity contribution in [2.24, 2.45) is 0 Å². The van der Waals surface area contributed by atoms with Crippen LogP contribution in [-0.2, 0) is 0 Å². The van der Waals surface area contributed by atoms with Crippen LogP contribution in [0.1, 0.15) is 19.3 Å². The second kappa shape index (κ2) is 6.43. The van der Waals surface area contributed by atoms with Gasteiger partial charge >= 0.3 is 6.03 Å². The highest BCUT2D eigenvalue weighted by molar-refractivity contribution is 5.73. The predicted molar refractivity (Wildman–Crippen MR) is 72.1 cm³/mol. The summed E-state index contributed by atoms with van der Waals surface area (Å²) in [5, 5.41) is 15.2. The molecule has 5 nitrogen and oxygen atoms in total. The Morgan fingerprint density at radius 1 is 1.26 bits per heavy atom. The molecule has 1 aliphatic carbocycles. The van der Waals surface area contributed by atoms with E-state index in [4.69, 9.17) is 4.74 Å². The molecule has 2 rings (SSSR count). The molecule has 104 valence electrons. The zero-order valence-electron chi connectivity index (χ0n) is 10.9. The van der Waals surface area contributed by atoms with Crippen LogP contribution in [0.4, 0.5) is 4.79 Å². The maximum Gasteiger partial charge on any atom is 0.315 e. The summed E-state index contributed by atoms with van der Waals surface area (Å²) in [6.45, 7) is 1.17. The first-order valence-corrected chi connectivity index (χ1v) is 6.60. The minimum Gasteiger partial charge on any atom is -0.492 e. The third-order valence-corrected chi connectivity index (χ3v) is 3.26. The average Bonchev–Trinajstić information content (AvgIpc) is 2.40. The number of aliphatic hydroxyl groups is 1. The molecule has 0 unspecified atom stereocenters. The predicted octanol–water partition coefficient (Wildman–Crippen LogP) is 1.28. The number of hydrogen-bond acceptors (Lipinski definition) is 3. The van der Waals surface area contributed by atoms with Gasteiger partial charge < -0.3 is 20.5 Å². The summed E-state index contributed by atoms with van der Waals surface area (Å²) in [6.07, 6.45) is 2.57. The fraction of sp³-hybridized carbons (Fsp3) is 0.500. The fourth-order valence-electron chi connectivity index (χ4n) is 1.92. The summed E-state index contributed by atoms with van der Waals surface area (Å²) in [7, 11) is 0. The van der Waals surface area contributed by atoms with Gasteiger partial charge in [0.25, 0.3) is 0 Å². The third kappa shape index (κ3) is 4.44. The Morgan fingerprint density at radius 3 is 2.63 bits per heavy atom. The van der Waals surface area contributed by atoms with Crippen LogP contribution >= 0.6 is 0 Å². The van der Waals surface area contributed by atoms with Gasteiger partial charge in [0.1, 0.15) is 12.4 Å². The molecule has 0 aliphatic heterocycles. The molecule has 1 fully saturated rings. The largest absolute Gasteiger partial charge is 0.492 e. The van der Waals surface area contributed by atoms with Gasteiger partial charge in [0.05, 0.1) is 12.1 Å². The molecule has 1 aromatic carbocycles. The van der Waals surface area contributed by atoms with Crippen LogP contribution in [0.15, 0.2) is 30.3 Å². The Bertz CT molecular complexity index is 404.